The van der Waals surface area contributed by atoms with E-state index >= 15 is 0 Å². The van der Waals surface area contributed by atoms with E-state index in [0.717, 1.165) is 35.4 Å². The van der Waals surface area contributed by atoms with Crippen molar-refractivity contribution in [3.63, 3.8) is 0 Å². The number of likely N-dealkylation sites (tertiary alicyclic amines) is 2. The Morgan fingerprint density at radius 1 is 0.612 bits per heavy atom. The molecule has 0 unspecified atom stereocenters. The van der Waals surface area contributed by atoms with Crippen LogP contribution in [0.3, 0.4) is 0 Å². The van der Waals surface area contributed by atoms with Crippen molar-refractivity contribution in [3.05, 3.63) is 115 Å². The zero-order chi connectivity index (χ0) is 33.7. The number of hydrogen-bond donors (Lipinski definition) is 3. The Bertz CT molecular complexity index is 1820. The molecule has 12 heteroatoms. The maximum absolute atomic E-state index is 13.1. The first-order chi connectivity index (χ1) is 23.9. The molecule has 3 aromatic heterocycles. The minimum atomic E-state index is -0.534. The Hall–Kier alpha value is -6.17. The number of benzene rings is 2. The number of anilines is 2. The van der Waals surface area contributed by atoms with Crippen LogP contribution in [-0.4, -0.2) is 78.8 Å². The van der Waals surface area contributed by atoms with Crippen LogP contribution in [0.4, 0.5) is 11.4 Å². The SMILES string of the molecule is O=C(Nc1ccc(-c2cc(-c3ccc(NC(=O)[C@@H]4CCCN4C(=O)c4ccncc4)cc3)[nH]n2)cc1)[C@@H]1CCCN1C(=O)c1ccncc1. The maximum atomic E-state index is 13.1. The van der Waals surface area contributed by atoms with Crippen molar-refractivity contribution in [3.8, 4) is 22.5 Å². The first-order valence-corrected chi connectivity index (χ1v) is 16.2. The number of amides is 4. The lowest BCUT2D eigenvalue weighted by molar-refractivity contribution is -0.120. The minimum Gasteiger partial charge on any atom is -0.327 e. The van der Waals surface area contributed by atoms with Gasteiger partial charge in [-0.15, -0.1) is 0 Å². The topological polar surface area (TPSA) is 153 Å². The Kier molecular flexibility index (Phi) is 8.92. The number of carbonyl (C=O) groups is 4. The summed E-state index contributed by atoms with van der Waals surface area (Å²) in [6, 6.07) is 22.3. The van der Waals surface area contributed by atoms with Gasteiger partial charge in [-0.2, -0.15) is 5.10 Å². The molecule has 0 bridgehead atoms. The Balaban J connectivity index is 0.952. The fraction of sp³-hybridized carbons (Fsp3) is 0.216. The first kappa shape index (κ1) is 31.4. The minimum absolute atomic E-state index is 0.171. The monoisotopic (exact) mass is 654 g/mol. The largest absolute Gasteiger partial charge is 0.327 e. The first-order valence-electron chi connectivity index (χ1n) is 16.2. The lowest BCUT2D eigenvalue weighted by Gasteiger charge is -2.24. The molecular formula is C37H34N8O4. The zero-order valence-electron chi connectivity index (χ0n) is 26.6. The van der Waals surface area contributed by atoms with Gasteiger partial charge in [0.1, 0.15) is 12.1 Å². The summed E-state index contributed by atoms with van der Waals surface area (Å²) in [5, 5.41) is 13.5. The van der Waals surface area contributed by atoms with Gasteiger partial charge in [0.15, 0.2) is 0 Å². The van der Waals surface area contributed by atoms with Gasteiger partial charge in [-0.25, -0.2) is 0 Å². The quantitative estimate of drug-likeness (QED) is 0.212. The van der Waals surface area contributed by atoms with Crippen LogP contribution >= 0.6 is 0 Å². The molecule has 2 aliphatic heterocycles. The highest BCUT2D eigenvalue weighted by atomic mass is 16.2. The van der Waals surface area contributed by atoms with Crippen LogP contribution in [0.2, 0.25) is 0 Å². The van der Waals surface area contributed by atoms with Crippen molar-refractivity contribution in [1.82, 2.24) is 30.0 Å². The highest BCUT2D eigenvalue weighted by molar-refractivity contribution is 6.02. The fourth-order valence-electron chi connectivity index (χ4n) is 6.41. The standard InChI is InChI=1S/C37H34N8O4/c46-34(32-3-1-21-44(32)36(48)26-13-17-38-18-14-26)40-28-9-5-24(6-10-28)30-23-31(43-42-30)25-7-11-29(12-8-25)41-35(47)33-4-2-22-45(33)37(49)27-15-19-39-20-16-27/h5-20,23,32-33H,1-4,21-22H2,(H,40,46)(H,41,47)(H,42,43)/t32-,33-/m0/s1. The normalized spacial score (nSPS) is 17.1. The third-order valence-corrected chi connectivity index (χ3v) is 8.98. The van der Waals surface area contributed by atoms with E-state index in [1.807, 2.05) is 54.6 Å². The molecule has 3 N–H and O–H groups in total. The number of H-pyrrole nitrogens is 1. The Labute approximate surface area is 282 Å². The van der Waals surface area contributed by atoms with Crippen LogP contribution in [0.5, 0.6) is 0 Å². The molecule has 2 aromatic carbocycles. The van der Waals surface area contributed by atoms with Crippen LogP contribution in [0.25, 0.3) is 22.5 Å². The van der Waals surface area contributed by atoms with E-state index in [0.29, 0.717) is 48.4 Å². The molecule has 0 aliphatic carbocycles. The van der Waals surface area contributed by atoms with Crippen LogP contribution < -0.4 is 10.6 Å². The highest BCUT2D eigenvalue weighted by Crippen LogP contribution is 2.28. The smallest absolute Gasteiger partial charge is 0.254 e. The van der Waals surface area contributed by atoms with Crippen LogP contribution in [0.1, 0.15) is 46.4 Å². The number of aromatic nitrogens is 4. The average Bonchev–Trinajstić information content (AvgIpc) is 3.94. The summed E-state index contributed by atoms with van der Waals surface area (Å²) in [5.74, 6) is -0.769. The summed E-state index contributed by atoms with van der Waals surface area (Å²) >= 11 is 0. The number of nitrogens with one attached hydrogen (secondary N) is 3. The van der Waals surface area contributed by atoms with Gasteiger partial charge in [-0.05, 0) is 85.8 Å². The van der Waals surface area contributed by atoms with Gasteiger partial charge in [0, 0.05) is 65.9 Å². The third kappa shape index (κ3) is 6.79. The van der Waals surface area contributed by atoms with E-state index in [2.05, 4.69) is 30.8 Å². The summed E-state index contributed by atoms with van der Waals surface area (Å²) in [5.41, 5.74) is 5.59. The van der Waals surface area contributed by atoms with E-state index in [1.165, 1.54) is 0 Å². The number of rotatable bonds is 8. The highest BCUT2D eigenvalue weighted by Gasteiger charge is 2.35. The van der Waals surface area contributed by atoms with Gasteiger partial charge in [-0.1, -0.05) is 24.3 Å². The van der Waals surface area contributed by atoms with Crippen molar-refractivity contribution in [2.45, 2.75) is 37.8 Å². The van der Waals surface area contributed by atoms with E-state index < -0.39 is 12.1 Å². The molecule has 49 heavy (non-hydrogen) atoms. The second-order valence-corrected chi connectivity index (χ2v) is 12.1. The molecule has 0 radical (unpaired) electrons. The maximum Gasteiger partial charge on any atom is 0.254 e. The summed E-state index contributed by atoms with van der Waals surface area (Å²) in [6.07, 6.45) is 9.04. The Morgan fingerprint density at radius 3 is 1.53 bits per heavy atom. The third-order valence-electron chi connectivity index (χ3n) is 8.98. The molecule has 2 fully saturated rings. The van der Waals surface area contributed by atoms with E-state index in [4.69, 9.17) is 0 Å². The van der Waals surface area contributed by atoms with Crippen molar-refractivity contribution in [2.75, 3.05) is 23.7 Å². The van der Waals surface area contributed by atoms with Crippen molar-refractivity contribution in [1.29, 1.82) is 0 Å². The molecule has 0 saturated carbocycles. The summed E-state index contributed by atoms with van der Waals surface area (Å²) in [7, 11) is 0. The van der Waals surface area contributed by atoms with Crippen molar-refractivity contribution >= 4 is 35.0 Å². The van der Waals surface area contributed by atoms with E-state index in [1.54, 1.807) is 58.9 Å². The van der Waals surface area contributed by atoms with Crippen molar-refractivity contribution < 1.29 is 19.2 Å². The average molecular weight is 655 g/mol. The second kappa shape index (κ2) is 13.9. The molecule has 0 spiro atoms. The van der Waals surface area contributed by atoms with Crippen LogP contribution in [-0.2, 0) is 9.59 Å². The lowest BCUT2D eigenvalue weighted by atomic mass is 10.1. The fourth-order valence-corrected chi connectivity index (χ4v) is 6.41. The molecule has 12 nitrogen and oxygen atoms in total. The van der Waals surface area contributed by atoms with Crippen LogP contribution in [0.15, 0.2) is 104 Å². The van der Waals surface area contributed by atoms with Gasteiger partial charge in [0.05, 0.1) is 11.4 Å². The summed E-state index contributed by atoms with van der Waals surface area (Å²) in [4.78, 5) is 63.4. The molecule has 2 aliphatic rings. The molecule has 246 valence electrons. The zero-order valence-corrected chi connectivity index (χ0v) is 26.6. The molecule has 5 heterocycles. The molecule has 2 atom stereocenters. The van der Waals surface area contributed by atoms with Crippen molar-refractivity contribution in [2.24, 2.45) is 0 Å². The number of aromatic amines is 1. The van der Waals surface area contributed by atoms with Gasteiger partial charge in [-0.3, -0.25) is 34.2 Å². The second-order valence-electron chi connectivity index (χ2n) is 12.1. The summed E-state index contributed by atoms with van der Waals surface area (Å²) < 4.78 is 0. The molecule has 5 aromatic rings. The van der Waals surface area contributed by atoms with E-state index in [9.17, 15) is 19.2 Å². The van der Waals surface area contributed by atoms with Gasteiger partial charge in [0.2, 0.25) is 11.8 Å². The number of carbonyl (C=O) groups excluding carboxylic acids is 4. The summed E-state index contributed by atoms with van der Waals surface area (Å²) in [6.45, 7) is 1.07. The number of hydrogen-bond acceptors (Lipinski definition) is 7. The number of nitrogens with zero attached hydrogens (tertiary/aromatic N) is 5. The molecule has 4 amide bonds. The molecule has 7 rings (SSSR count). The predicted molar refractivity (Wildman–Crippen MR) is 183 cm³/mol. The van der Waals surface area contributed by atoms with Gasteiger partial charge < -0.3 is 20.4 Å². The van der Waals surface area contributed by atoms with Gasteiger partial charge >= 0.3 is 0 Å². The molecular weight excluding hydrogens is 620 g/mol. The Morgan fingerprint density at radius 2 is 1.06 bits per heavy atom. The number of pyridine rings is 2. The van der Waals surface area contributed by atoms with Gasteiger partial charge in [0.25, 0.3) is 11.8 Å². The predicted octanol–water partition coefficient (Wildman–Crippen LogP) is 5.02. The van der Waals surface area contributed by atoms with Crippen LogP contribution in [0, 0.1) is 0 Å². The molecule has 2 saturated heterocycles. The lowest BCUT2D eigenvalue weighted by Crippen LogP contribution is -2.43. The van der Waals surface area contributed by atoms with E-state index in [-0.39, 0.29) is 23.6 Å².